The molecule has 1 saturated carbocycles. The van der Waals surface area contributed by atoms with Crippen LogP contribution in [0.2, 0.25) is 0 Å². The van der Waals surface area contributed by atoms with E-state index in [4.69, 9.17) is 9.73 Å². The summed E-state index contributed by atoms with van der Waals surface area (Å²) in [5.41, 5.74) is 1.22. The fraction of sp³-hybridized carbons (Fsp3) is 0.682. The molecule has 1 fully saturated rings. The molecule has 6 heteroatoms. The van der Waals surface area contributed by atoms with Crippen LogP contribution in [0.5, 0.6) is 5.75 Å². The maximum absolute atomic E-state index is 9.42. The van der Waals surface area contributed by atoms with E-state index in [-0.39, 0.29) is 36.0 Å². The zero-order valence-electron chi connectivity index (χ0n) is 17.7. The minimum atomic E-state index is 0. The van der Waals surface area contributed by atoms with Crippen LogP contribution in [0.15, 0.2) is 29.3 Å². The molecule has 0 radical (unpaired) electrons. The van der Waals surface area contributed by atoms with Gasteiger partial charge in [0.15, 0.2) is 5.96 Å². The highest BCUT2D eigenvalue weighted by Gasteiger charge is 2.25. The van der Waals surface area contributed by atoms with Crippen LogP contribution in [0.1, 0.15) is 58.4 Å². The first-order valence-corrected chi connectivity index (χ1v) is 10.5. The zero-order chi connectivity index (χ0) is 19.5. The zero-order valence-corrected chi connectivity index (χ0v) is 20.0. The standard InChI is InChI=1S/C22H37N3O2.HI/c1-4-22(5-2,13-14-26)17-25-21(23-6-3)24-15-19-9-7-8-10-20(19)27-16-18-11-12-18;/h7-10,18,26H,4-6,11-17H2,1-3H3,(H2,23,24,25);1H. The minimum Gasteiger partial charge on any atom is -0.493 e. The van der Waals surface area contributed by atoms with E-state index in [1.807, 2.05) is 18.2 Å². The van der Waals surface area contributed by atoms with Crippen molar-refractivity contribution in [2.75, 3.05) is 26.3 Å². The van der Waals surface area contributed by atoms with Crippen molar-refractivity contribution in [3.63, 3.8) is 0 Å². The van der Waals surface area contributed by atoms with Gasteiger partial charge < -0.3 is 20.5 Å². The Balaban J connectivity index is 0.00000392. The number of benzene rings is 1. The molecule has 0 unspecified atom stereocenters. The molecule has 0 atom stereocenters. The maximum Gasteiger partial charge on any atom is 0.191 e. The predicted molar refractivity (Wildman–Crippen MR) is 128 cm³/mol. The number of aliphatic hydroxyl groups excluding tert-OH is 1. The van der Waals surface area contributed by atoms with Gasteiger partial charge in [-0.05, 0) is 56.4 Å². The van der Waals surface area contributed by atoms with Gasteiger partial charge in [-0.2, -0.15) is 0 Å². The van der Waals surface area contributed by atoms with Crippen molar-refractivity contribution in [2.24, 2.45) is 16.3 Å². The molecular formula is C22H38IN3O2. The third-order valence-corrected chi connectivity index (χ3v) is 5.67. The Kier molecular flexibility index (Phi) is 11.8. The summed E-state index contributed by atoms with van der Waals surface area (Å²) in [6, 6.07) is 8.18. The fourth-order valence-electron chi connectivity index (χ4n) is 3.22. The quantitative estimate of drug-likeness (QED) is 0.226. The van der Waals surface area contributed by atoms with E-state index in [1.54, 1.807) is 0 Å². The Morgan fingerprint density at radius 1 is 1.18 bits per heavy atom. The van der Waals surface area contributed by atoms with Gasteiger partial charge in [0.1, 0.15) is 5.75 Å². The fourth-order valence-corrected chi connectivity index (χ4v) is 3.22. The molecule has 2 rings (SSSR count). The van der Waals surface area contributed by atoms with E-state index in [2.05, 4.69) is 37.5 Å². The van der Waals surface area contributed by atoms with Gasteiger partial charge >= 0.3 is 0 Å². The first-order chi connectivity index (χ1) is 13.2. The van der Waals surface area contributed by atoms with E-state index in [0.29, 0.717) is 6.54 Å². The van der Waals surface area contributed by atoms with Crippen molar-refractivity contribution < 1.29 is 9.84 Å². The number of aliphatic hydroxyl groups is 1. The van der Waals surface area contributed by atoms with Crippen LogP contribution in [0.4, 0.5) is 0 Å². The molecule has 160 valence electrons. The summed E-state index contributed by atoms with van der Waals surface area (Å²) < 4.78 is 6.00. The Labute approximate surface area is 187 Å². The lowest BCUT2D eigenvalue weighted by atomic mass is 9.79. The Hall–Kier alpha value is -1.02. The Morgan fingerprint density at radius 2 is 1.89 bits per heavy atom. The SMILES string of the molecule is CCNC(=NCc1ccccc1OCC1CC1)NCC(CC)(CC)CCO.I. The van der Waals surface area contributed by atoms with Crippen LogP contribution in [0, 0.1) is 11.3 Å². The van der Waals surface area contributed by atoms with Crippen LogP contribution in [0.25, 0.3) is 0 Å². The Morgan fingerprint density at radius 3 is 2.50 bits per heavy atom. The summed E-state index contributed by atoms with van der Waals surface area (Å²) in [6.07, 6.45) is 5.46. The molecule has 0 amide bonds. The lowest BCUT2D eigenvalue weighted by Gasteiger charge is -2.32. The van der Waals surface area contributed by atoms with E-state index >= 15 is 0 Å². The van der Waals surface area contributed by atoms with Crippen molar-refractivity contribution in [3.8, 4) is 5.75 Å². The lowest BCUT2D eigenvalue weighted by molar-refractivity contribution is 0.169. The second-order valence-corrected chi connectivity index (χ2v) is 7.59. The van der Waals surface area contributed by atoms with Crippen LogP contribution >= 0.6 is 24.0 Å². The monoisotopic (exact) mass is 503 g/mol. The molecule has 0 heterocycles. The highest BCUT2D eigenvalue weighted by Crippen LogP contribution is 2.31. The van der Waals surface area contributed by atoms with E-state index in [1.165, 1.54) is 12.8 Å². The van der Waals surface area contributed by atoms with Gasteiger partial charge in [0, 0.05) is 25.3 Å². The second-order valence-electron chi connectivity index (χ2n) is 7.59. The van der Waals surface area contributed by atoms with Gasteiger partial charge in [0.2, 0.25) is 0 Å². The number of para-hydroxylation sites is 1. The van der Waals surface area contributed by atoms with Gasteiger partial charge in [-0.15, -0.1) is 24.0 Å². The molecule has 0 bridgehead atoms. The van der Waals surface area contributed by atoms with Gasteiger partial charge in [0.25, 0.3) is 0 Å². The molecule has 1 aromatic carbocycles. The summed E-state index contributed by atoms with van der Waals surface area (Å²) in [6.45, 7) is 9.71. The van der Waals surface area contributed by atoms with Crippen molar-refractivity contribution >= 4 is 29.9 Å². The van der Waals surface area contributed by atoms with Crippen LogP contribution < -0.4 is 15.4 Å². The molecule has 0 aliphatic heterocycles. The number of hydrogen-bond donors (Lipinski definition) is 3. The van der Waals surface area contributed by atoms with Crippen LogP contribution in [-0.2, 0) is 6.54 Å². The lowest BCUT2D eigenvalue weighted by Crippen LogP contribution is -2.43. The summed E-state index contributed by atoms with van der Waals surface area (Å²) in [4.78, 5) is 4.77. The summed E-state index contributed by atoms with van der Waals surface area (Å²) >= 11 is 0. The number of ether oxygens (including phenoxy) is 1. The van der Waals surface area contributed by atoms with Crippen molar-refractivity contribution in [1.29, 1.82) is 0 Å². The molecular weight excluding hydrogens is 465 g/mol. The number of nitrogens with zero attached hydrogens (tertiary/aromatic N) is 1. The van der Waals surface area contributed by atoms with E-state index < -0.39 is 0 Å². The summed E-state index contributed by atoms with van der Waals surface area (Å²) in [5, 5.41) is 16.2. The second kappa shape index (κ2) is 13.2. The highest BCUT2D eigenvalue weighted by atomic mass is 127. The predicted octanol–water partition coefficient (Wildman–Crippen LogP) is 4.34. The topological polar surface area (TPSA) is 65.9 Å². The number of rotatable bonds is 12. The van der Waals surface area contributed by atoms with E-state index in [0.717, 1.165) is 62.1 Å². The molecule has 0 spiro atoms. The van der Waals surface area contributed by atoms with Crippen LogP contribution in [0.3, 0.4) is 0 Å². The van der Waals surface area contributed by atoms with Gasteiger partial charge in [-0.1, -0.05) is 32.0 Å². The van der Waals surface area contributed by atoms with Crippen molar-refractivity contribution in [1.82, 2.24) is 10.6 Å². The van der Waals surface area contributed by atoms with Crippen molar-refractivity contribution in [2.45, 2.75) is 59.4 Å². The molecule has 1 aliphatic rings. The number of aliphatic imine (C=N–C) groups is 1. The molecule has 3 N–H and O–H groups in total. The normalized spacial score (nSPS) is 14.4. The van der Waals surface area contributed by atoms with Gasteiger partial charge in [-0.25, -0.2) is 4.99 Å². The molecule has 1 aromatic rings. The molecule has 1 aliphatic carbocycles. The average Bonchev–Trinajstić information content (AvgIpc) is 3.52. The summed E-state index contributed by atoms with van der Waals surface area (Å²) in [5.74, 6) is 2.50. The Bertz CT molecular complexity index is 587. The molecule has 28 heavy (non-hydrogen) atoms. The number of hydrogen-bond acceptors (Lipinski definition) is 3. The van der Waals surface area contributed by atoms with Crippen LogP contribution in [-0.4, -0.2) is 37.4 Å². The number of nitrogens with one attached hydrogen (secondary N) is 2. The van der Waals surface area contributed by atoms with Gasteiger partial charge in [-0.3, -0.25) is 0 Å². The molecule has 0 saturated heterocycles. The highest BCUT2D eigenvalue weighted by molar-refractivity contribution is 14.0. The van der Waals surface area contributed by atoms with Crippen molar-refractivity contribution in [3.05, 3.63) is 29.8 Å². The van der Waals surface area contributed by atoms with Gasteiger partial charge in [0.05, 0.1) is 13.2 Å². The first-order valence-electron chi connectivity index (χ1n) is 10.5. The third kappa shape index (κ3) is 8.15. The smallest absolute Gasteiger partial charge is 0.191 e. The maximum atomic E-state index is 9.42. The van der Waals surface area contributed by atoms with E-state index in [9.17, 15) is 5.11 Å². The molecule has 5 nitrogen and oxygen atoms in total. The first kappa shape index (κ1) is 25.0. The summed E-state index contributed by atoms with van der Waals surface area (Å²) in [7, 11) is 0. The third-order valence-electron chi connectivity index (χ3n) is 5.67. The minimum absolute atomic E-state index is 0. The number of halogens is 1. The molecule has 0 aromatic heterocycles. The number of guanidine groups is 1. The largest absolute Gasteiger partial charge is 0.493 e. The average molecular weight is 503 g/mol.